The van der Waals surface area contributed by atoms with Gasteiger partial charge in [0.2, 0.25) is 11.8 Å². The molecule has 2 heterocycles. The lowest BCUT2D eigenvalue weighted by molar-refractivity contribution is -0.143. The number of nitrogens with zero attached hydrogens (tertiary/aromatic N) is 1. The molecule has 37 heavy (non-hydrogen) atoms. The number of imide groups is 1. The number of halogens is 1. The minimum atomic E-state index is -0.615. The first-order valence-electron chi connectivity index (χ1n) is 14.3. The molecule has 4 atom stereocenters. The summed E-state index contributed by atoms with van der Waals surface area (Å²) in [6.07, 6.45) is 12.4. The van der Waals surface area contributed by atoms with Gasteiger partial charge in [0.25, 0.3) is 0 Å². The molecule has 1 saturated carbocycles. The summed E-state index contributed by atoms with van der Waals surface area (Å²) < 4.78 is 20.2. The van der Waals surface area contributed by atoms with E-state index in [2.05, 4.69) is 13.8 Å². The molecule has 4 aliphatic rings. The number of carbonyl (C=O) groups excluding carboxylic acids is 2. The number of likely N-dealkylation sites (tertiary alicyclic amines) is 1. The zero-order valence-corrected chi connectivity index (χ0v) is 22.2. The van der Waals surface area contributed by atoms with Gasteiger partial charge in [0, 0.05) is 12.0 Å². The van der Waals surface area contributed by atoms with Crippen LogP contribution in [0.3, 0.4) is 0 Å². The highest BCUT2D eigenvalue weighted by Crippen LogP contribution is 2.51. The van der Waals surface area contributed by atoms with E-state index in [-0.39, 0.29) is 47.5 Å². The lowest BCUT2D eigenvalue weighted by Gasteiger charge is -2.32. The van der Waals surface area contributed by atoms with Crippen molar-refractivity contribution in [3.05, 3.63) is 46.3 Å². The van der Waals surface area contributed by atoms with Crippen molar-refractivity contribution in [1.82, 2.24) is 4.90 Å². The van der Waals surface area contributed by atoms with Crippen LogP contribution < -0.4 is 0 Å². The number of phenolic OH excluding ortho intramolecular Hbond substituents is 1. The highest BCUT2D eigenvalue weighted by Gasteiger charge is 2.57. The Kier molecular flexibility index (Phi) is 7.85. The molecule has 5 nitrogen and oxygen atoms in total. The summed E-state index contributed by atoms with van der Waals surface area (Å²) >= 11 is 0. The van der Waals surface area contributed by atoms with Gasteiger partial charge in [-0.2, -0.15) is 0 Å². The third kappa shape index (κ3) is 5.01. The number of benzene rings is 1. The number of fused-ring (bicyclic) bond motifs is 3. The first-order valence-corrected chi connectivity index (χ1v) is 14.3. The maximum absolute atomic E-state index is 13.8. The maximum Gasteiger partial charge on any atom is 0.234 e. The average Bonchev–Trinajstić information content (AvgIpc) is 3.43. The van der Waals surface area contributed by atoms with E-state index in [1.165, 1.54) is 35.3 Å². The summed E-state index contributed by atoms with van der Waals surface area (Å²) in [6.45, 7) is 4.78. The van der Waals surface area contributed by atoms with E-state index in [0.29, 0.717) is 13.0 Å². The Balaban J connectivity index is 1.35. The second-order valence-electron chi connectivity index (χ2n) is 11.3. The average molecular weight is 510 g/mol. The van der Waals surface area contributed by atoms with Gasteiger partial charge in [-0.15, -0.1) is 0 Å². The summed E-state index contributed by atoms with van der Waals surface area (Å²) in [5, 5.41) is 9.49. The summed E-state index contributed by atoms with van der Waals surface area (Å²) in [4.78, 5) is 28.9. The number of rotatable bonds is 8. The normalized spacial score (nSPS) is 28.7. The Morgan fingerprint density at radius 1 is 1.14 bits per heavy atom. The smallest absolute Gasteiger partial charge is 0.234 e. The van der Waals surface area contributed by atoms with Gasteiger partial charge < -0.3 is 9.84 Å². The van der Waals surface area contributed by atoms with Gasteiger partial charge in [0.05, 0.1) is 24.5 Å². The molecule has 2 aliphatic heterocycles. The van der Waals surface area contributed by atoms with Crippen molar-refractivity contribution in [3.63, 3.8) is 0 Å². The van der Waals surface area contributed by atoms with Crippen molar-refractivity contribution in [3.8, 4) is 5.75 Å². The van der Waals surface area contributed by atoms with Crippen LogP contribution in [0.5, 0.6) is 5.75 Å². The molecule has 2 saturated heterocycles. The first kappa shape index (κ1) is 26.1. The fraction of sp³-hybridized carbons (Fsp3) is 0.613. The largest absolute Gasteiger partial charge is 0.505 e. The van der Waals surface area contributed by atoms with E-state index in [1.54, 1.807) is 11.0 Å². The molecule has 0 spiro atoms. The topological polar surface area (TPSA) is 66.8 Å². The van der Waals surface area contributed by atoms with E-state index in [9.17, 15) is 19.1 Å². The molecule has 2 amide bonds. The van der Waals surface area contributed by atoms with E-state index in [0.717, 1.165) is 63.4 Å². The van der Waals surface area contributed by atoms with E-state index < -0.39 is 5.82 Å². The second-order valence-corrected chi connectivity index (χ2v) is 11.3. The van der Waals surface area contributed by atoms with E-state index in [4.69, 9.17) is 4.74 Å². The quantitative estimate of drug-likeness (QED) is 0.319. The molecule has 0 aromatic heterocycles. The standard InChI is InChI=1S/C31H40FNO4/c1-3-8-21-17-23-29(31(36)33(30(23)35)22-9-6-5-7-10-22)24-18-37-27(28(21)24)14-12-19(4-2)15-20-11-13-26(34)25(32)16-20/h11,13,15-16,22-24,27,29,34H,3-10,12,14,17-18H2,1-2H3/b19-15+/t23-,24+,27-,29-/m1/s1. The molecule has 1 aromatic rings. The summed E-state index contributed by atoms with van der Waals surface area (Å²) in [5.74, 6) is -1.32. The van der Waals surface area contributed by atoms with Crippen molar-refractivity contribution in [1.29, 1.82) is 0 Å². The highest BCUT2D eigenvalue weighted by atomic mass is 19.1. The molecular formula is C31H40FNO4. The molecular weight excluding hydrogens is 469 g/mol. The third-order valence-corrected chi connectivity index (χ3v) is 9.06. The van der Waals surface area contributed by atoms with Crippen molar-refractivity contribution >= 4 is 17.9 Å². The number of hydrogen-bond donors (Lipinski definition) is 1. The van der Waals surface area contributed by atoms with E-state index in [1.807, 2.05) is 6.08 Å². The lowest BCUT2D eigenvalue weighted by atomic mass is 9.68. The maximum atomic E-state index is 13.8. The first-order chi connectivity index (χ1) is 17.9. The van der Waals surface area contributed by atoms with Gasteiger partial charge in [-0.05, 0) is 68.2 Å². The monoisotopic (exact) mass is 509 g/mol. The molecule has 0 bridgehead atoms. The van der Waals surface area contributed by atoms with Crippen LogP contribution in [0.25, 0.3) is 6.08 Å². The molecule has 200 valence electrons. The predicted octanol–water partition coefficient (Wildman–Crippen LogP) is 6.55. The van der Waals surface area contributed by atoms with Crippen LogP contribution in [-0.4, -0.2) is 40.6 Å². The van der Waals surface area contributed by atoms with Crippen molar-refractivity contribution in [2.45, 2.75) is 96.6 Å². The van der Waals surface area contributed by atoms with E-state index >= 15 is 0 Å². The lowest BCUT2D eigenvalue weighted by Crippen LogP contribution is -2.42. The number of allylic oxidation sites excluding steroid dienone is 2. The molecule has 3 fully saturated rings. The van der Waals surface area contributed by atoms with Gasteiger partial charge in [-0.25, -0.2) is 4.39 Å². The SMILES string of the molecule is CCCC1=C2[C@@H](CC/C(=C/c3ccc(O)c(F)c3)CC)OC[C@@H]2[C@@H]2C(=O)N(C3CCCCC3)C(=O)[C@@H]2C1. The molecule has 1 N–H and O–H groups in total. The van der Waals surface area contributed by atoms with Crippen LogP contribution in [0.4, 0.5) is 4.39 Å². The Morgan fingerprint density at radius 3 is 2.62 bits per heavy atom. The fourth-order valence-electron chi connectivity index (χ4n) is 7.25. The molecule has 1 aromatic carbocycles. The summed E-state index contributed by atoms with van der Waals surface area (Å²) in [5.41, 5.74) is 4.56. The predicted molar refractivity (Wildman–Crippen MR) is 141 cm³/mol. The fourth-order valence-corrected chi connectivity index (χ4v) is 7.25. The van der Waals surface area contributed by atoms with Crippen LogP contribution >= 0.6 is 0 Å². The van der Waals surface area contributed by atoms with Crippen LogP contribution in [0.1, 0.15) is 90.0 Å². The number of hydrogen-bond acceptors (Lipinski definition) is 4. The van der Waals surface area contributed by atoms with Gasteiger partial charge >= 0.3 is 0 Å². The zero-order chi connectivity index (χ0) is 26.1. The van der Waals surface area contributed by atoms with Crippen molar-refractivity contribution in [2.24, 2.45) is 17.8 Å². The number of carbonyl (C=O) groups is 2. The van der Waals surface area contributed by atoms with Gasteiger partial charge in [-0.1, -0.05) is 62.8 Å². The van der Waals surface area contributed by atoms with Gasteiger partial charge in [0.15, 0.2) is 11.6 Å². The Hall–Kier alpha value is -2.47. The zero-order valence-electron chi connectivity index (χ0n) is 22.2. The summed E-state index contributed by atoms with van der Waals surface area (Å²) in [6, 6.07) is 4.55. The molecule has 2 aliphatic carbocycles. The van der Waals surface area contributed by atoms with Gasteiger partial charge in [0.1, 0.15) is 0 Å². The minimum Gasteiger partial charge on any atom is -0.505 e. The van der Waals surface area contributed by atoms with Gasteiger partial charge in [-0.3, -0.25) is 14.5 Å². The Morgan fingerprint density at radius 2 is 1.92 bits per heavy atom. The van der Waals surface area contributed by atoms with Crippen molar-refractivity contribution in [2.75, 3.05) is 6.61 Å². The summed E-state index contributed by atoms with van der Waals surface area (Å²) in [7, 11) is 0. The third-order valence-electron chi connectivity index (χ3n) is 9.06. The molecule has 5 rings (SSSR count). The van der Waals surface area contributed by atoms with Crippen LogP contribution in [0, 0.1) is 23.6 Å². The molecule has 0 unspecified atom stereocenters. The molecule has 6 heteroatoms. The number of amides is 2. The molecule has 0 radical (unpaired) electrons. The highest BCUT2D eigenvalue weighted by molar-refractivity contribution is 6.06. The second kappa shape index (κ2) is 11.1. The number of ether oxygens (including phenoxy) is 1. The number of aromatic hydroxyl groups is 1. The van der Waals surface area contributed by atoms with Crippen LogP contribution in [0.15, 0.2) is 34.9 Å². The van der Waals surface area contributed by atoms with Crippen LogP contribution in [0.2, 0.25) is 0 Å². The Bertz CT molecular complexity index is 1100. The Labute approximate surface area is 219 Å². The number of phenols is 1. The van der Waals surface area contributed by atoms with Crippen molar-refractivity contribution < 1.29 is 23.8 Å². The van der Waals surface area contributed by atoms with Crippen LogP contribution in [-0.2, 0) is 14.3 Å². The minimum absolute atomic E-state index is 0.00981.